The van der Waals surface area contributed by atoms with Crippen LogP contribution in [0.2, 0.25) is 0 Å². The number of aliphatic carboxylic acids is 1. The molecule has 0 atom stereocenters. The van der Waals surface area contributed by atoms with Crippen LogP contribution in [0.15, 0.2) is 50.7 Å². The van der Waals surface area contributed by atoms with Gasteiger partial charge in [0.1, 0.15) is 6.54 Å². The maximum atomic E-state index is 11.9. The zero-order chi connectivity index (χ0) is 14.0. The highest BCUT2D eigenvalue weighted by molar-refractivity contribution is 9.10. The Balaban J connectivity index is 2.53. The summed E-state index contributed by atoms with van der Waals surface area (Å²) in [4.78, 5) is 34.2. The minimum absolute atomic E-state index is 0.532. The molecule has 6 nitrogen and oxygen atoms in total. The molecule has 19 heavy (non-hydrogen) atoms. The molecule has 0 saturated carbocycles. The van der Waals surface area contributed by atoms with Crippen LogP contribution in [0.3, 0.4) is 0 Å². The summed E-state index contributed by atoms with van der Waals surface area (Å²) in [7, 11) is 0. The van der Waals surface area contributed by atoms with Gasteiger partial charge < -0.3 is 5.11 Å². The molecule has 0 spiro atoms. The fourth-order valence-corrected chi connectivity index (χ4v) is 1.85. The first kappa shape index (κ1) is 13.3. The summed E-state index contributed by atoms with van der Waals surface area (Å²) < 4.78 is 2.89. The molecule has 0 bridgehead atoms. The Kier molecular flexibility index (Phi) is 3.66. The van der Waals surface area contributed by atoms with Gasteiger partial charge in [-0.05, 0) is 24.3 Å². The molecule has 1 N–H and O–H groups in total. The Hall–Kier alpha value is -2.15. The van der Waals surface area contributed by atoms with Crippen molar-refractivity contribution in [3.63, 3.8) is 0 Å². The molecule has 0 aliphatic carbocycles. The van der Waals surface area contributed by atoms with Gasteiger partial charge in [-0.15, -0.1) is 0 Å². The van der Waals surface area contributed by atoms with E-state index < -0.39 is 23.6 Å². The lowest BCUT2D eigenvalue weighted by Gasteiger charge is -2.07. The first-order valence-corrected chi connectivity index (χ1v) is 6.08. The van der Waals surface area contributed by atoms with Crippen molar-refractivity contribution in [1.82, 2.24) is 9.13 Å². The van der Waals surface area contributed by atoms with Gasteiger partial charge in [-0.25, -0.2) is 0 Å². The number of carbonyl (C=O) groups is 1. The number of hydrogen-bond acceptors (Lipinski definition) is 3. The van der Waals surface area contributed by atoms with Crippen LogP contribution in [0.4, 0.5) is 0 Å². The summed E-state index contributed by atoms with van der Waals surface area (Å²) in [6.45, 7) is -0.532. The first-order valence-electron chi connectivity index (χ1n) is 5.29. The van der Waals surface area contributed by atoms with Gasteiger partial charge in [0.2, 0.25) is 0 Å². The fraction of sp³-hybridized carbons (Fsp3) is 0.0833. The van der Waals surface area contributed by atoms with Gasteiger partial charge >= 0.3 is 17.1 Å². The van der Waals surface area contributed by atoms with E-state index in [-0.39, 0.29) is 0 Å². The quantitative estimate of drug-likeness (QED) is 0.848. The van der Waals surface area contributed by atoms with Crippen molar-refractivity contribution in [1.29, 1.82) is 0 Å². The molecule has 2 rings (SSSR count). The standard InChI is InChI=1S/C12H9BrN2O4/c13-8-1-3-9(4-2-8)15-6-5-14(7-10(16)17)11(18)12(15)19/h1-6H,7H2,(H,16,17). The normalized spacial score (nSPS) is 10.4. The van der Waals surface area contributed by atoms with E-state index in [0.717, 1.165) is 9.04 Å². The van der Waals surface area contributed by atoms with E-state index in [4.69, 9.17) is 5.11 Å². The number of benzene rings is 1. The molecular weight excluding hydrogens is 316 g/mol. The highest BCUT2D eigenvalue weighted by atomic mass is 79.9. The lowest BCUT2D eigenvalue weighted by molar-refractivity contribution is -0.137. The number of carboxylic acid groups (broad SMARTS) is 1. The van der Waals surface area contributed by atoms with Crippen molar-refractivity contribution in [3.05, 3.63) is 61.8 Å². The maximum Gasteiger partial charge on any atom is 0.323 e. The average Bonchev–Trinajstić information content (AvgIpc) is 2.36. The number of nitrogens with zero attached hydrogens (tertiary/aromatic N) is 2. The second-order valence-electron chi connectivity index (χ2n) is 3.78. The molecule has 0 aliphatic heterocycles. The highest BCUT2D eigenvalue weighted by Crippen LogP contribution is 2.12. The highest BCUT2D eigenvalue weighted by Gasteiger charge is 2.08. The van der Waals surface area contributed by atoms with E-state index >= 15 is 0 Å². The smallest absolute Gasteiger partial charge is 0.323 e. The Morgan fingerprint density at radius 2 is 1.74 bits per heavy atom. The molecule has 2 aromatic rings. The van der Waals surface area contributed by atoms with Gasteiger partial charge in [0.25, 0.3) is 0 Å². The third kappa shape index (κ3) is 2.82. The first-order chi connectivity index (χ1) is 8.99. The molecule has 0 amide bonds. The van der Waals surface area contributed by atoms with Crippen LogP contribution in [-0.4, -0.2) is 20.2 Å². The maximum absolute atomic E-state index is 11.9. The Labute approximate surface area is 115 Å². The second-order valence-corrected chi connectivity index (χ2v) is 4.69. The van der Waals surface area contributed by atoms with E-state index in [1.165, 1.54) is 17.0 Å². The van der Waals surface area contributed by atoms with Crippen LogP contribution < -0.4 is 11.1 Å². The molecule has 0 fully saturated rings. The lowest BCUT2D eigenvalue weighted by atomic mass is 10.3. The lowest BCUT2D eigenvalue weighted by Crippen LogP contribution is -2.40. The fourth-order valence-electron chi connectivity index (χ4n) is 1.58. The Morgan fingerprint density at radius 1 is 1.11 bits per heavy atom. The summed E-state index contributed by atoms with van der Waals surface area (Å²) in [6, 6.07) is 6.83. The minimum Gasteiger partial charge on any atom is -0.480 e. The molecule has 1 heterocycles. The van der Waals surface area contributed by atoms with Gasteiger partial charge in [-0.3, -0.25) is 23.5 Å². The van der Waals surface area contributed by atoms with E-state index in [1.807, 2.05) is 0 Å². The van der Waals surface area contributed by atoms with Crippen molar-refractivity contribution in [2.24, 2.45) is 0 Å². The molecule has 0 saturated heterocycles. The molecule has 7 heteroatoms. The monoisotopic (exact) mass is 324 g/mol. The van der Waals surface area contributed by atoms with Gasteiger partial charge in [0.15, 0.2) is 0 Å². The van der Waals surface area contributed by atoms with Crippen molar-refractivity contribution in [3.8, 4) is 5.69 Å². The van der Waals surface area contributed by atoms with Crippen LogP contribution in [0, 0.1) is 0 Å². The molecule has 0 aliphatic rings. The predicted octanol–water partition coefficient (Wildman–Crippen LogP) is 0.846. The van der Waals surface area contributed by atoms with E-state index in [2.05, 4.69) is 15.9 Å². The van der Waals surface area contributed by atoms with Crippen molar-refractivity contribution in [2.75, 3.05) is 0 Å². The Morgan fingerprint density at radius 3 is 2.32 bits per heavy atom. The van der Waals surface area contributed by atoms with Gasteiger partial charge in [-0.2, -0.15) is 0 Å². The number of aromatic nitrogens is 2. The number of rotatable bonds is 3. The second kappa shape index (κ2) is 5.23. The van der Waals surface area contributed by atoms with E-state index in [0.29, 0.717) is 5.69 Å². The SMILES string of the molecule is O=C(O)Cn1ccn(-c2ccc(Br)cc2)c(=O)c1=O. The summed E-state index contributed by atoms with van der Waals surface area (Å²) in [5.74, 6) is -1.18. The molecule has 1 aromatic heterocycles. The van der Waals surface area contributed by atoms with Crippen molar-refractivity contribution in [2.45, 2.75) is 6.54 Å². The topological polar surface area (TPSA) is 81.3 Å². The average molecular weight is 325 g/mol. The largest absolute Gasteiger partial charge is 0.480 e. The van der Waals surface area contributed by atoms with Crippen LogP contribution in [-0.2, 0) is 11.3 Å². The molecule has 1 aromatic carbocycles. The van der Waals surface area contributed by atoms with Gasteiger partial charge in [-0.1, -0.05) is 15.9 Å². The van der Waals surface area contributed by atoms with Crippen LogP contribution in [0.5, 0.6) is 0 Å². The Bertz CT molecular complexity index is 731. The third-order valence-electron chi connectivity index (χ3n) is 2.47. The van der Waals surface area contributed by atoms with Crippen LogP contribution in [0.25, 0.3) is 5.69 Å². The summed E-state index contributed by atoms with van der Waals surface area (Å²) in [6.07, 6.45) is 2.65. The number of hydrogen-bond donors (Lipinski definition) is 1. The minimum atomic E-state index is -1.18. The van der Waals surface area contributed by atoms with Crippen molar-refractivity contribution >= 4 is 21.9 Å². The predicted molar refractivity (Wildman–Crippen MR) is 71.6 cm³/mol. The van der Waals surface area contributed by atoms with Gasteiger partial charge in [0.05, 0.1) is 0 Å². The summed E-state index contributed by atoms with van der Waals surface area (Å²) in [5.41, 5.74) is -1.12. The number of halogens is 1. The molecule has 98 valence electrons. The van der Waals surface area contributed by atoms with Crippen LogP contribution in [0.1, 0.15) is 0 Å². The molecule has 0 unspecified atom stereocenters. The summed E-state index contributed by atoms with van der Waals surface area (Å²) >= 11 is 3.27. The van der Waals surface area contributed by atoms with E-state index in [1.54, 1.807) is 24.3 Å². The number of carboxylic acids is 1. The van der Waals surface area contributed by atoms with Crippen molar-refractivity contribution < 1.29 is 9.90 Å². The zero-order valence-corrected chi connectivity index (χ0v) is 11.2. The third-order valence-corrected chi connectivity index (χ3v) is 3.00. The van der Waals surface area contributed by atoms with Crippen LogP contribution >= 0.6 is 15.9 Å². The zero-order valence-electron chi connectivity index (χ0n) is 9.62. The summed E-state index contributed by atoms with van der Waals surface area (Å²) in [5, 5.41) is 8.63. The molecular formula is C12H9BrN2O4. The molecule has 0 radical (unpaired) electrons. The van der Waals surface area contributed by atoms with Gasteiger partial charge in [0, 0.05) is 22.6 Å². The van der Waals surface area contributed by atoms with E-state index in [9.17, 15) is 14.4 Å².